The van der Waals surface area contributed by atoms with Gasteiger partial charge in [-0.1, -0.05) is 42.5 Å². The lowest BCUT2D eigenvalue weighted by molar-refractivity contribution is -0.117. The molecule has 1 aliphatic rings. The minimum Gasteiger partial charge on any atom is -0.454 e. The number of rotatable bonds is 4. The van der Waals surface area contributed by atoms with Crippen LogP contribution in [0, 0.1) is 5.82 Å². The van der Waals surface area contributed by atoms with Gasteiger partial charge in [-0.05, 0) is 48.0 Å². The maximum atomic E-state index is 14.1. The Balaban J connectivity index is 1.63. The maximum Gasteiger partial charge on any atom is 0.282 e. The topological polar surface area (TPSA) is 58.6 Å². The van der Waals surface area contributed by atoms with Crippen LogP contribution in [0.2, 0.25) is 0 Å². The third kappa shape index (κ3) is 3.48. The van der Waals surface area contributed by atoms with Crippen molar-refractivity contribution < 1.29 is 18.7 Å². The molecule has 0 atom stereocenters. The highest BCUT2D eigenvalue weighted by molar-refractivity contribution is 6.31. The molecule has 0 aliphatic carbocycles. The zero-order chi connectivity index (χ0) is 19.5. The molecule has 6 heteroatoms. The van der Waals surface area contributed by atoms with Crippen molar-refractivity contribution in [1.29, 1.82) is 0 Å². The molecule has 1 saturated heterocycles. The van der Waals surface area contributed by atoms with Gasteiger partial charge in [-0.3, -0.25) is 15.0 Å². The van der Waals surface area contributed by atoms with Gasteiger partial charge in [0, 0.05) is 0 Å². The van der Waals surface area contributed by atoms with E-state index in [4.69, 9.17) is 4.74 Å². The van der Waals surface area contributed by atoms with Crippen LogP contribution in [0.25, 0.3) is 6.08 Å². The first-order chi connectivity index (χ1) is 13.6. The molecule has 1 N–H and O–H groups in total. The number of carbonyl (C=O) groups excluding carboxylic acids is 2. The highest BCUT2D eigenvalue weighted by Crippen LogP contribution is 2.27. The van der Waals surface area contributed by atoms with Crippen LogP contribution in [-0.4, -0.2) is 11.8 Å². The Morgan fingerprint density at radius 2 is 1.57 bits per heavy atom. The third-order valence-electron chi connectivity index (χ3n) is 4.14. The number of para-hydroxylation sites is 2. The second-order valence-corrected chi connectivity index (χ2v) is 6.08. The number of benzene rings is 3. The summed E-state index contributed by atoms with van der Waals surface area (Å²) in [6.45, 7) is 0. The van der Waals surface area contributed by atoms with Gasteiger partial charge < -0.3 is 4.74 Å². The smallest absolute Gasteiger partial charge is 0.282 e. The van der Waals surface area contributed by atoms with E-state index in [9.17, 15) is 14.0 Å². The number of halogens is 1. The number of nitrogens with one attached hydrogen (secondary N) is 1. The van der Waals surface area contributed by atoms with Crippen LogP contribution in [0.1, 0.15) is 5.56 Å². The Hall–Kier alpha value is -3.93. The van der Waals surface area contributed by atoms with Gasteiger partial charge in [0.1, 0.15) is 11.3 Å². The standard InChI is InChI=1S/C22H15FN2O3/c23-19-12-11-15(14-20(19)28-17-9-5-2-6-10-17)13-18-21(26)24-25(22(18)27)16-7-3-1-4-8-16/h1-14H,(H,24,26)/b18-13+. The summed E-state index contributed by atoms with van der Waals surface area (Å²) >= 11 is 0. The molecule has 0 radical (unpaired) electrons. The van der Waals surface area contributed by atoms with E-state index < -0.39 is 17.6 Å². The lowest BCUT2D eigenvalue weighted by Gasteiger charge is -2.13. The van der Waals surface area contributed by atoms with Gasteiger partial charge in [0.05, 0.1) is 5.69 Å². The zero-order valence-corrected chi connectivity index (χ0v) is 14.6. The fraction of sp³-hybridized carbons (Fsp3) is 0. The molecule has 0 spiro atoms. The molecule has 3 aromatic rings. The van der Waals surface area contributed by atoms with Gasteiger partial charge in [-0.15, -0.1) is 0 Å². The molecule has 3 aromatic carbocycles. The van der Waals surface area contributed by atoms with E-state index in [1.54, 1.807) is 48.5 Å². The summed E-state index contributed by atoms with van der Waals surface area (Å²) in [7, 11) is 0. The van der Waals surface area contributed by atoms with Crippen molar-refractivity contribution >= 4 is 23.6 Å². The van der Waals surface area contributed by atoms with E-state index in [1.807, 2.05) is 12.1 Å². The van der Waals surface area contributed by atoms with Crippen molar-refractivity contribution in [2.45, 2.75) is 0 Å². The van der Waals surface area contributed by atoms with E-state index >= 15 is 0 Å². The van der Waals surface area contributed by atoms with Crippen LogP contribution >= 0.6 is 0 Å². The molecule has 4 rings (SSSR count). The van der Waals surface area contributed by atoms with Crippen molar-refractivity contribution in [3.63, 3.8) is 0 Å². The Labute approximate surface area is 160 Å². The van der Waals surface area contributed by atoms with Gasteiger partial charge in [0.2, 0.25) is 0 Å². The molecule has 0 saturated carbocycles. The number of amides is 2. The minimum absolute atomic E-state index is 0.00585. The van der Waals surface area contributed by atoms with Crippen molar-refractivity contribution in [1.82, 2.24) is 5.43 Å². The largest absolute Gasteiger partial charge is 0.454 e. The van der Waals surface area contributed by atoms with Crippen LogP contribution in [0.3, 0.4) is 0 Å². The molecule has 5 nitrogen and oxygen atoms in total. The van der Waals surface area contributed by atoms with Crippen molar-refractivity contribution in [3.8, 4) is 11.5 Å². The average Bonchev–Trinajstić information content (AvgIpc) is 3.00. The van der Waals surface area contributed by atoms with E-state index in [1.165, 1.54) is 29.3 Å². The van der Waals surface area contributed by atoms with Crippen molar-refractivity contribution in [3.05, 3.63) is 95.8 Å². The van der Waals surface area contributed by atoms with Crippen LogP contribution in [0.5, 0.6) is 11.5 Å². The summed E-state index contributed by atoms with van der Waals surface area (Å²) in [4.78, 5) is 24.9. The predicted molar refractivity (Wildman–Crippen MR) is 103 cm³/mol. The van der Waals surface area contributed by atoms with E-state index in [2.05, 4.69) is 5.43 Å². The van der Waals surface area contributed by atoms with E-state index in [0.29, 0.717) is 17.0 Å². The number of ether oxygens (including phenoxy) is 1. The van der Waals surface area contributed by atoms with Gasteiger partial charge in [0.15, 0.2) is 11.6 Å². The number of anilines is 1. The predicted octanol–water partition coefficient (Wildman–Crippen LogP) is 4.08. The normalized spacial score (nSPS) is 15.0. The van der Waals surface area contributed by atoms with Crippen LogP contribution < -0.4 is 15.2 Å². The Morgan fingerprint density at radius 3 is 2.29 bits per heavy atom. The summed E-state index contributed by atoms with van der Waals surface area (Å²) in [5.41, 5.74) is 3.51. The van der Waals surface area contributed by atoms with E-state index in [0.717, 1.165) is 0 Å². The number of hydrogen-bond acceptors (Lipinski definition) is 3. The first kappa shape index (κ1) is 17.5. The molecule has 28 heavy (non-hydrogen) atoms. The Bertz CT molecular complexity index is 1070. The van der Waals surface area contributed by atoms with Gasteiger partial charge in [-0.2, -0.15) is 0 Å². The number of hydrogen-bond donors (Lipinski definition) is 1. The van der Waals surface area contributed by atoms with Crippen LogP contribution in [0.4, 0.5) is 10.1 Å². The molecular formula is C22H15FN2O3. The molecule has 2 amide bonds. The number of nitrogens with zero attached hydrogens (tertiary/aromatic N) is 1. The van der Waals surface area contributed by atoms with E-state index in [-0.39, 0.29) is 11.3 Å². The summed E-state index contributed by atoms with van der Waals surface area (Å²) in [6.07, 6.45) is 1.41. The Kier molecular flexibility index (Phi) is 4.60. The fourth-order valence-electron chi connectivity index (χ4n) is 2.79. The summed E-state index contributed by atoms with van der Waals surface area (Å²) in [6, 6.07) is 21.7. The lowest BCUT2D eigenvalue weighted by atomic mass is 10.1. The maximum absolute atomic E-state index is 14.1. The summed E-state index contributed by atoms with van der Waals surface area (Å²) in [5, 5.41) is 1.18. The first-order valence-corrected chi connectivity index (χ1v) is 8.56. The molecule has 1 fully saturated rings. The molecular weight excluding hydrogens is 359 g/mol. The molecule has 1 aliphatic heterocycles. The molecule has 138 valence electrons. The fourth-order valence-corrected chi connectivity index (χ4v) is 2.79. The quantitative estimate of drug-likeness (QED) is 0.553. The molecule has 0 unspecified atom stereocenters. The lowest BCUT2D eigenvalue weighted by Crippen LogP contribution is -2.35. The highest BCUT2D eigenvalue weighted by atomic mass is 19.1. The monoisotopic (exact) mass is 374 g/mol. The molecule has 0 bridgehead atoms. The van der Waals surface area contributed by atoms with Crippen LogP contribution in [-0.2, 0) is 9.59 Å². The van der Waals surface area contributed by atoms with Gasteiger partial charge >= 0.3 is 0 Å². The number of hydrazine groups is 1. The van der Waals surface area contributed by atoms with Crippen molar-refractivity contribution in [2.75, 3.05) is 5.01 Å². The second-order valence-electron chi connectivity index (χ2n) is 6.08. The molecule has 0 aromatic heterocycles. The van der Waals surface area contributed by atoms with Gasteiger partial charge in [0.25, 0.3) is 11.8 Å². The first-order valence-electron chi connectivity index (χ1n) is 8.56. The third-order valence-corrected chi connectivity index (χ3v) is 4.14. The van der Waals surface area contributed by atoms with Crippen molar-refractivity contribution in [2.24, 2.45) is 0 Å². The SMILES string of the molecule is O=C1NN(c2ccccc2)C(=O)/C1=C/c1ccc(F)c(Oc2ccccc2)c1. The highest BCUT2D eigenvalue weighted by Gasteiger charge is 2.34. The molecule has 1 heterocycles. The summed E-state index contributed by atoms with van der Waals surface area (Å²) in [5.74, 6) is -1.06. The summed E-state index contributed by atoms with van der Waals surface area (Å²) < 4.78 is 19.7. The second kappa shape index (κ2) is 7.36. The van der Waals surface area contributed by atoms with Gasteiger partial charge in [-0.25, -0.2) is 9.40 Å². The van der Waals surface area contributed by atoms with Crippen LogP contribution in [0.15, 0.2) is 84.4 Å². The average molecular weight is 374 g/mol. The number of carbonyl (C=O) groups is 2. The zero-order valence-electron chi connectivity index (χ0n) is 14.6. The Morgan fingerprint density at radius 1 is 0.893 bits per heavy atom. The minimum atomic E-state index is -0.542.